The third-order valence-corrected chi connectivity index (χ3v) is 6.27. The summed E-state index contributed by atoms with van der Waals surface area (Å²) in [7, 11) is 0. The van der Waals surface area contributed by atoms with Crippen LogP contribution < -0.4 is 0 Å². The molecule has 28 heavy (non-hydrogen) atoms. The van der Waals surface area contributed by atoms with Crippen LogP contribution in [0.2, 0.25) is 0 Å². The summed E-state index contributed by atoms with van der Waals surface area (Å²) in [5, 5.41) is 9.15. The van der Waals surface area contributed by atoms with Crippen molar-refractivity contribution in [3.8, 4) is 10.8 Å². The summed E-state index contributed by atoms with van der Waals surface area (Å²) in [4.78, 5) is 18.4. The number of nitrogens with zero attached hydrogens (tertiary/aromatic N) is 3. The fourth-order valence-electron chi connectivity index (χ4n) is 2.83. The van der Waals surface area contributed by atoms with E-state index in [2.05, 4.69) is 15.2 Å². The van der Waals surface area contributed by atoms with Crippen molar-refractivity contribution >= 4 is 28.9 Å². The lowest BCUT2D eigenvalue weighted by molar-refractivity contribution is 0.0989. The van der Waals surface area contributed by atoms with Gasteiger partial charge in [0, 0.05) is 5.56 Å². The fraction of sp³-hybridized carbons (Fsp3) is 0.143. The Morgan fingerprint density at radius 1 is 1.00 bits per heavy atom. The number of hydrogen-bond donors (Lipinski definition) is 0. The normalized spacial score (nSPS) is 12.1. The first-order valence-corrected chi connectivity index (χ1v) is 10.4. The van der Waals surface area contributed by atoms with Gasteiger partial charge in [0.2, 0.25) is 0 Å². The molecule has 2 heterocycles. The highest BCUT2D eigenvalue weighted by Gasteiger charge is 2.26. The zero-order valence-electron chi connectivity index (χ0n) is 15.3. The van der Waals surface area contributed by atoms with E-state index >= 15 is 0 Å². The molecule has 1 atom stereocenters. The molecule has 0 fully saturated rings. The number of Topliss-reactive ketones (excluding diaryl/α,β-unsaturated/α-hetero) is 1. The lowest BCUT2D eigenvalue weighted by atomic mass is 10.0. The van der Waals surface area contributed by atoms with E-state index in [0.717, 1.165) is 21.1 Å². The number of rotatable bonds is 6. The first-order chi connectivity index (χ1) is 13.6. The van der Waals surface area contributed by atoms with Gasteiger partial charge in [-0.15, -0.1) is 21.5 Å². The van der Waals surface area contributed by atoms with Crippen LogP contribution in [0.3, 0.4) is 0 Å². The number of thioether (sulfide) groups is 1. The number of benzene rings is 2. The van der Waals surface area contributed by atoms with Gasteiger partial charge in [0.25, 0.3) is 11.1 Å². The van der Waals surface area contributed by atoms with Gasteiger partial charge in [0.1, 0.15) is 10.1 Å². The lowest BCUT2D eigenvalue weighted by Gasteiger charge is -2.14. The van der Waals surface area contributed by atoms with Gasteiger partial charge in [-0.1, -0.05) is 60.7 Å². The number of ketones is 1. The minimum atomic E-state index is -0.471. The zero-order valence-corrected chi connectivity index (χ0v) is 17.0. The maximum Gasteiger partial charge on any atom is 0.277 e. The summed E-state index contributed by atoms with van der Waals surface area (Å²) in [6.07, 6.45) is 0. The van der Waals surface area contributed by atoms with Gasteiger partial charge in [0.05, 0.1) is 10.7 Å². The quantitative estimate of drug-likeness (QED) is 0.309. The highest BCUT2D eigenvalue weighted by atomic mass is 32.2. The molecule has 0 aliphatic rings. The van der Waals surface area contributed by atoms with Crippen molar-refractivity contribution in [2.75, 3.05) is 0 Å². The van der Waals surface area contributed by atoms with Gasteiger partial charge in [-0.3, -0.25) is 4.79 Å². The van der Waals surface area contributed by atoms with Crippen molar-refractivity contribution < 1.29 is 9.21 Å². The zero-order chi connectivity index (χ0) is 19.5. The maximum absolute atomic E-state index is 13.2. The van der Waals surface area contributed by atoms with Gasteiger partial charge in [-0.2, -0.15) is 0 Å². The molecule has 0 radical (unpaired) electrons. The number of carbonyl (C=O) groups excluding carboxylic acids is 1. The third-order valence-electron chi connectivity index (χ3n) is 4.12. The molecular formula is C21H17N3O2S2. The van der Waals surface area contributed by atoms with Crippen LogP contribution in [0.5, 0.6) is 0 Å². The minimum absolute atomic E-state index is 0.00126. The molecule has 0 aliphatic carbocycles. The second kappa shape index (κ2) is 8.08. The largest absolute Gasteiger partial charge is 0.410 e. The van der Waals surface area contributed by atoms with E-state index < -0.39 is 5.25 Å². The summed E-state index contributed by atoms with van der Waals surface area (Å²) >= 11 is 2.78. The van der Waals surface area contributed by atoms with Crippen LogP contribution in [0.25, 0.3) is 10.8 Å². The van der Waals surface area contributed by atoms with Crippen molar-refractivity contribution in [1.29, 1.82) is 0 Å². The van der Waals surface area contributed by atoms with Gasteiger partial charge in [-0.05, 0) is 31.2 Å². The van der Waals surface area contributed by atoms with Crippen molar-refractivity contribution in [2.45, 2.75) is 24.3 Å². The Balaban J connectivity index is 1.65. The van der Waals surface area contributed by atoms with Gasteiger partial charge >= 0.3 is 0 Å². The second-order valence-electron chi connectivity index (χ2n) is 6.16. The van der Waals surface area contributed by atoms with E-state index in [-0.39, 0.29) is 5.78 Å². The van der Waals surface area contributed by atoms with Gasteiger partial charge in [-0.25, -0.2) is 4.98 Å². The molecule has 0 aliphatic heterocycles. The molecule has 0 amide bonds. The van der Waals surface area contributed by atoms with E-state index in [1.165, 1.54) is 23.1 Å². The summed E-state index contributed by atoms with van der Waals surface area (Å²) in [5.74, 6) is 0.436. The molecule has 7 heteroatoms. The standard InChI is InChI=1S/C21H17N3O2S2/c1-13-18(27-14(2)22-13)20-23-24-21(26-20)28-19(16-11-7-4-8-12-16)17(25)15-9-5-3-6-10-15/h3-12,19H,1-2H3/t19-/m0/s1. The highest BCUT2D eigenvalue weighted by molar-refractivity contribution is 8.00. The van der Waals surface area contributed by atoms with Crippen molar-refractivity contribution in [3.63, 3.8) is 0 Å². The molecule has 0 bridgehead atoms. The molecule has 0 spiro atoms. The van der Waals surface area contributed by atoms with Gasteiger partial charge in [0.15, 0.2) is 5.78 Å². The molecule has 0 N–H and O–H groups in total. The van der Waals surface area contributed by atoms with Crippen LogP contribution in [-0.4, -0.2) is 21.0 Å². The van der Waals surface area contributed by atoms with Crippen molar-refractivity contribution in [2.24, 2.45) is 0 Å². The minimum Gasteiger partial charge on any atom is -0.410 e. The highest BCUT2D eigenvalue weighted by Crippen LogP contribution is 2.39. The van der Waals surface area contributed by atoms with Crippen LogP contribution in [0.4, 0.5) is 0 Å². The Morgan fingerprint density at radius 3 is 2.32 bits per heavy atom. The summed E-state index contributed by atoms with van der Waals surface area (Å²) < 4.78 is 5.86. The molecule has 0 saturated carbocycles. The van der Waals surface area contributed by atoms with Crippen molar-refractivity contribution in [1.82, 2.24) is 15.2 Å². The van der Waals surface area contributed by atoms with Crippen molar-refractivity contribution in [3.05, 3.63) is 82.5 Å². The molecule has 0 saturated heterocycles. The van der Waals surface area contributed by atoms with Crippen LogP contribution in [0, 0.1) is 13.8 Å². The second-order valence-corrected chi connectivity index (χ2v) is 8.42. The molecule has 0 unspecified atom stereocenters. The van der Waals surface area contributed by atoms with E-state index in [1.54, 1.807) is 0 Å². The Hall–Kier alpha value is -2.77. The predicted octanol–water partition coefficient (Wildman–Crippen LogP) is 5.53. The smallest absolute Gasteiger partial charge is 0.277 e. The number of aryl methyl sites for hydroxylation is 2. The Kier molecular flexibility index (Phi) is 5.36. The van der Waals surface area contributed by atoms with Crippen LogP contribution in [0.15, 0.2) is 70.3 Å². The van der Waals surface area contributed by atoms with Gasteiger partial charge < -0.3 is 4.42 Å². The van der Waals surface area contributed by atoms with E-state index in [9.17, 15) is 4.79 Å². The lowest BCUT2D eigenvalue weighted by Crippen LogP contribution is -2.10. The molecule has 2 aromatic carbocycles. The monoisotopic (exact) mass is 407 g/mol. The first-order valence-electron chi connectivity index (χ1n) is 8.70. The Bertz CT molecular complexity index is 1090. The van der Waals surface area contributed by atoms with Crippen LogP contribution in [-0.2, 0) is 0 Å². The number of thiazole rings is 1. The number of aromatic nitrogens is 3. The Morgan fingerprint density at radius 2 is 1.68 bits per heavy atom. The summed E-state index contributed by atoms with van der Waals surface area (Å²) in [5.41, 5.74) is 2.41. The third kappa shape index (κ3) is 3.90. The predicted molar refractivity (Wildman–Crippen MR) is 111 cm³/mol. The van der Waals surface area contributed by atoms with Crippen LogP contribution >= 0.6 is 23.1 Å². The van der Waals surface area contributed by atoms with E-state index in [1.807, 2.05) is 74.5 Å². The molecule has 140 valence electrons. The fourth-order valence-corrected chi connectivity index (χ4v) is 4.63. The average Bonchev–Trinajstić information content (AvgIpc) is 3.32. The molecule has 4 aromatic rings. The van der Waals surface area contributed by atoms with E-state index in [0.29, 0.717) is 16.7 Å². The maximum atomic E-state index is 13.2. The molecule has 4 rings (SSSR count). The SMILES string of the molecule is Cc1nc(C)c(-c2nnc(S[C@H](C(=O)c3ccccc3)c3ccccc3)o2)s1. The summed E-state index contributed by atoms with van der Waals surface area (Å²) in [6.45, 7) is 3.86. The van der Waals surface area contributed by atoms with Crippen LogP contribution in [0.1, 0.15) is 31.9 Å². The topological polar surface area (TPSA) is 68.9 Å². The average molecular weight is 408 g/mol. The van der Waals surface area contributed by atoms with E-state index in [4.69, 9.17) is 4.42 Å². The number of carbonyl (C=O) groups is 1. The summed E-state index contributed by atoms with van der Waals surface area (Å²) in [6, 6.07) is 18.9. The number of hydrogen-bond acceptors (Lipinski definition) is 7. The Labute approximate surface area is 170 Å². The molecular weight excluding hydrogens is 390 g/mol. The molecule has 2 aromatic heterocycles. The first kappa shape index (κ1) is 18.6. The molecule has 5 nitrogen and oxygen atoms in total.